The monoisotopic (exact) mass is 323 g/mol. The lowest BCUT2D eigenvalue weighted by Gasteiger charge is -2.07. The Morgan fingerprint density at radius 3 is 2.46 bits per heavy atom. The number of carbonyl (C=O) groups excluding carboxylic acids is 1. The van der Waals surface area contributed by atoms with E-state index in [1.165, 1.54) is 0 Å². The van der Waals surface area contributed by atoms with Gasteiger partial charge >= 0.3 is 5.97 Å². The van der Waals surface area contributed by atoms with Crippen LogP contribution in [0.5, 0.6) is 0 Å². The summed E-state index contributed by atoms with van der Waals surface area (Å²) in [7, 11) is 1.91. The molecule has 0 amide bonds. The zero-order valence-corrected chi connectivity index (χ0v) is 14.6. The van der Waals surface area contributed by atoms with Crippen LogP contribution >= 0.6 is 0 Å². The fourth-order valence-electron chi connectivity index (χ4n) is 2.55. The Hall–Kier alpha value is -2.55. The number of ether oxygens (including phenoxy) is 1. The van der Waals surface area contributed by atoms with Crippen LogP contribution in [0, 0.1) is 0 Å². The van der Waals surface area contributed by atoms with E-state index in [2.05, 4.69) is 36.5 Å². The van der Waals surface area contributed by atoms with Gasteiger partial charge in [0, 0.05) is 18.3 Å². The number of rotatable bonds is 7. The van der Waals surface area contributed by atoms with Crippen molar-refractivity contribution in [2.45, 2.75) is 26.7 Å². The van der Waals surface area contributed by atoms with Crippen molar-refractivity contribution in [1.82, 2.24) is 0 Å². The Kier molecular flexibility index (Phi) is 6.62. The van der Waals surface area contributed by atoms with E-state index in [-0.39, 0.29) is 5.97 Å². The van der Waals surface area contributed by atoms with Crippen LogP contribution in [0.3, 0.4) is 0 Å². The number of anilines is 1. The van der Waals surface area contributed by atoms with Gasteiger partial charge in [0.05, 0.1) is 6.61 Å². The second-order valence-corrected chi connectivity index (χ2v) is 5.59. The second kappa shape index (κ2) is 8.92. The van der Waals surface area contributed by atoms with Crippen molar-refractivity contribution in [3.8, 4) is 11.1 Å². The molecule has 0 saturated heterocycles. The predicted molar refractivity (Wildman–Crippen MR) is 101 cm³/mol. The van der Waals surface area contributed by atoms with Gasteiger partial charge in [0.2, 0.25) is 0 Å². The quantitative estimate of drug-likeness (QED) is 0.566. The van der Waals surface area contributed by atoms with E-state index in [0.717, 1.165) is 40.8 Å². The first-order chi connectivity index (χ1) is 11.7. The molecule has 0 aliphatic heterocycles. The van der Waals surface area contributed by atoms with Crippen LogP contribution in [-0.4, -0.2) is 19.6 Å². The van der Waals surface area contributed by atoms with Crippen molar-refractivity contribution in [2.75, 3.05) is 19.0 Å². The lowest BCUT2D eigenvalue weighted by atomic mass is 10.0. The molecule has 0 aliphatic carbocycles. The molecular weight excluding hydrogens is 298 g/mol. The third kappa shape index (κ3) is 4.72. The molecule has 2 aromatic rings. The third-order valence-corrected chi connectivity index (χ3v) is 3.79. The smallest absolute Gasteiger partial charge is 0.334 e. The van der Waals surface area contributed by atoms with E-state index in [9.17, 15) is 4.79 Å². The molecule has 0 radical (unpaired) electrons. The van der Waals surface area contributed by atoms with Crippen LogP contribution in [0.1, 0.15) is 32.3 Å². The molecule has 0 unspecified atom stereocenters. The average Bonchev–Trinajstić information content (AvgIpc) is 2.62. The Bertz CT molecular complexity index is 702. The lowest BCUT2D eigenvalue weighted by molar-refractivity contribution is -0.138. The summed E-state index contributed by atoms with van der Waals surface area (Å²) in [6, 6.07) is 16.5. The zero-order valence-electron chi connectivity index (χ0n) is 14.6. The molecule has 0 aliphatic rings. The molecule has 2 aromatic carbocycles. The molecule has 0 aromatic heterocycles. The highest BCUT2D eigenvalue weighted by Crippen LogP contribution is 2.24. The van der Waals surface area contributed by atoms with Crippen LogP contribution in [0.15, 0.2) is 54.1 Å². The molecule has 2 rings (SSSR count). The van der Waals surface area contributed by atoms with Gasteiger partial charge in [-0.25, -0.2) is 4.79 Å². The molecule has 0 spiro atoms. The van der Waals surface area contributed by atoms with Crippen molar-refractivity contribution in [1.29, 1.82) is 0 Å². The molecule has 0 fully saturated rings. The van der Waals surface area contributed by atoms with Crippen molar-refractivity contribution >= 4 is 17.7 Å². The molecule has 0 bridgehead atoms. The Morgan fingerprint density at radius 2 is 1.83 bits per heavy atom. The second-order valence-electron chi connectivity index (χ2n) is 5.59. The van der Waals surface area contributed by atoms with Gasteiger partial charge in [-0.1, -0.05) is 49.7 Å². The van der Waals surface area contributed by atoms with Crippen LogP contribution < -0.4 is 5.32 Å². The summed E-state index contributed by atoms with van der Waals surface area (Å²) in [6.45, 7) is 4.29. The maximum atomic E-state index is 12.0. The van der Waals surface area contributed by atoms with E-state index in [1.807, 2.05) is 44.3 Å². The predicted octanol–water partition coefficient (Wildman–Crippen LogP) is 5.14. The summed E-state index contributed by atoms with van der Waals surface area (Å²) >= 11 is 0. The number of esters is 1. The molecule has 1 N–H and O–H groups in total. The summed E-state index contributed by atoms with van der Waals surface area (Å²) in [4.78, 5) is 12.0. The lowest BCUT2D eigenvalue weighted by Crippen LogP contribution is -2.07. The van der Waals surface area contributed by atoms with Crippen LogP contribution in [0.2, 0.25) is 0 Å². The molecule has 0 heterocycles. The maximum Gasteiger partial charge on any atom is 0.334 e. The highest BCUT2D eigenvalue weighted by molar-refractivity contribution is 5.93. The molecular formula is C21H25NO2. The van der Waals surface area contributed by atoms with Gasteiger partial charge in [0.25, 0.3) is 0 Å². The highest BCUT2D eigenvalue weighted by atomic mass is 16.5. The van der Waals surface area contributed by atoms with Crippen molar-refractivity contribution < 1.29 is 9.53 Å². The third-order valence-electron chi connectivity index (χ3n) is 3.79. The van der Waals surface area contributed by atoms with Gasteiger partial charge in [-0.05, 0) is 48.2 Å². The van der Waals surface area contributed by atoms with Gasteiger partial charge in [-0.15, -0.1) is 0 Å². The van der Waals surface area contributed by atoms with E-state index in [1.54, 1.807) is 0 Å². The molecule has 3 heteroatoms. The van der Waals surface area contributed by atoms with E-state index >= 15 is 0 Å². The zero-order chi connectivity index (χ0) is 17.4. The summed E-state index contributed by atoms with van der Waals surface area (Å²) in [5.41, 5.74) is 5.14. The summed E-state index contributed by atoms with van der Waals surface area (Å²) in [6.07, 6.45) is 3.57. The molecule has 24 heavy (non-hydrogen) atoms. The maximum absolute atomic E-state index is 12.0. The molecule has 3 nitrogen and oxygen atoms in total. The number of nitrogens with one attached hydrogen (secondary N) is 1. The van der Waals surface area contributed by atoms with E-state index < -0.39 is 0 Å². The molecule has 0 atom stereocenters. The van der Waals surface area contributed by atoms with E-state index in [0.29, 0.717) is 6.61 Å². The first kappa shape index (κ1) is 17.8. The van der Waals surface area contributed by atoms with Gasteiger partial charge in [0.1, 0.15) is 0 Å². The van der Waals surface area contributed by atoms with Gasteiger partial charge in [-0.3, -0.25) is 0 Å². The van der Waals surface area contributed by atoms with Crippen molar-refractivity contribution in [2.24, 2.45) is 0 Å². The first-order valence-corrected chi connectivity index (χ1v) is 8.43. The normalized spacial score (nSPS) is 11.2. The molecule has 0 saturated carbocycles. The standard InChI is InChI=1S/C21H25NO2/c1-4-7-19(21(23)24-5-2)14-16-10-12-17(13-11-16)18-8-6-9-20(15-18)22-3/h6,8-15,22H,4-5,7H2,1-3H3/b19-14+. The SMILES string of the molecule is CCC/C(=C\c1ccc(-c2cccc(NC)c2)cc1)C(=O)OCC. The fraction of sp³-hybridized carbons (Fsp3) is 0.286. The number of hydrogen-bond acceptors (Lipinski definition) is 3. The first-order valence-electron chi connectivity index (χ1n) is 8.43. The largest absolute Gasteiger partial charge is 0.463 e. The fourth-order valence-corrected chi connectivity index (χ4v) is 2.55. The summed E-state index contributed by atoms with van der Waals surface area (Å²) in [5.74, 6) is -0.217. The minimum Gasteiger partial charge on any atom is -0.463 e. The number of hydrogen-bond donors (Lipinski definition) is 1. The summed E-state index contributed by atoms with van der Waals surface area (Å²) < 4.78 is 5.13. The summed E-state index contributed by atoms with van der Waals surface area (Å²) in [5, 5.41) is 3.15. The van der Waals surface area contributed by atoms with Crippen LogP contribution in [0.25, 0.3) is 17.2 Å². The van der Waals surface area contributed by atoms with Gasteiger partial charge in [0.15, 0.2) is 0 Å². The minimum absolute atomic E-state index is 0.217. The van der Waals surface area contributed by atoms with E-state index in [4.69, 9.17) is 4.74 Å². The average molecular weight is 323 g/mol. The topological polar surface area (TPSA) is 38.3 Å². The van der Waals surface area contributed by atoms with Gasteiger partial charge < -0.3 is 10.1 Å². The van der Waals surface area contributed by atoms with Crippen molar-refractivity contribution in [3.63, 3.8) is 0 Å². The number of benzene rings is 2. The van der Waals surface area contributed by atoms with Crippen LogP contribution in [-0.2, 0) is 9.53 Å². The Labute approximate surface area is 144 Å². The number of carbonyl (C=O) groups is 1. The van der Waals surface area contributed by atoms with Crippen molar-refractivity contribution in [3.05, 3.63) is 59.7 Å². The Morgan fingerprint density at radius 1 is 1.08 bits per heavy atom. The molecule has 126 valence electrons. The minimum atomic E-state index is -0.217. The Balaban J connectivity index is 2.23. The van der Waals surface area contributed by atoms with Crippen LogP contribution in [0.4, 0.5) is 5.69 Å². The highest BCUT2D eigenvalue weighted by Gasteiger charge is 2.09. The van der Waals surface area contributed by atoms with Gasteiger partial charge in [-0.2, -0.15) is 0 Å².